The van der Waals surface area contributed by atoms with Crippen LogP contribution >= 0.6 is 0 Å². The second kappa shape index (κ2) is 9.61. The summed E-state index contributed by atoms with van der Waals surface area (Å²) in [6.45, 7) is 0.253. The lowest BCUT2D eigenvalue weighted by Gasteiger charge is -2.48. The maximum absolute atomic E-state index is 13.4. The summed E-state index contributed by atoms with van der Waals surface area (Å²) in [7, 11) is 0. The number of aliphatic hydroxyl groups excluding tert-OH is 2. The molecule has 4 fully saturated rings. The van der Waals surface area contributed by atoms with E-state index in [0.717, 1.165) is 11.1 Å². The third-order valence-corrected chi connectivity index (χ3v) is 6.75. The van der Waals surface area contributed by atoms with Crippen LogP contribution in [0.15, 0.2) is 30.5 Å². The molecule has 3 heterocycles. The number of hydrogen-bond donors (Lipinski definition) is 3. The van der Waals surface area contributed by atoms with Crippen molar-refractivity contribution in [2.24, 2.45) is 5.41 Å². The molecule has 6 atom stereocenters. The first-order chi connectivity index (χ1) is 16.6. The normalized spacial score (nSPS) is 34.2. The number of benzene rings is 1. The van der Waals surface area contributed by atoms with E-state index < -0.39 is 41.8 Å². The summed E-state index contributed by atoms with van der Waals surface area (Å²) >= 11 is 0. The molecule has 1 aromatic carbocycles. The second-order valence-electron chi connectivity index (χ2n) is 8.73. The average Bonchev–Trinajstić information content (AvgIpc) is 3.45. The van der Waals surface area contributed by atoms with E-state index in [1.807, 2.05) is 24.3 Å². The van der Waals surface area contributed by atoms with Crippen molar-refractivity contribution in [2.45, 2.75) is 43.4 Å². The van der Waals surface area contributed by atoms with Crippen molar-refractivity contribution in [1.82, 2.24) is 10.4 Å². The van der Waals surface area contributed by atoms with Gasteiger partial charge in [-0.2, -0.15) is 5.06 Å². The summed E-state index contributed by atoms with van der Waals surface area (Å²) in [4.78, 5) is 32.9. The molecule has 1 saturated carbocycles. The fraction of sp³-hybridized carbons (Fsp3) is 0.565. The fourth-order valence-corrected chi connectivity index (χ4v) is 5.39. The van der Waals surface area contributed by atoms with Crippen LogP contribution in [-0.2, 0) is 39.9 Å². The summed E-state index contributed by atoms with van der Waals surface area (Å²) in [5.41, 5.74) is 0.491. The van der Waals surface area contributed by atoms with Crippen LogP contribution in [0.3, 0.4) is 0 Å². The van der Waals surface area contributed by atoms with Crippen molar-refractivity contribution in [1.29, 1.82) is 0 Å². The summed E-state index contributed by atoms with van der Waals surface area (Å²) in [6.07, 6.45) is 1.12. The Morgan fingerprint density at radius 3 is 2.94 bits per heavy atom. The third kappa shape index (κ3) is 3.88. The van der Waals surface area contributed by atoms with Crippen LogP contribution in [0.2, 0.25) is 0 Å². The molecule has 11 nitrogen and oxygen atoms in total. The molecule has 1 aromatic rings. The Hall–Kier alpha value is -2.54. The Balaban J connectivity index is 1.43. The lowest BCUT2D eigenvalue weighted by molar-refractivity contribution is -0.201. The van der Waals surface area contributed by atoms with Gasteiger partial charge >= 0.3 is 5.97 Å². The molecule has 0 aromatic heterocycles. The molecule has 0 spiro atoms. The standard InChI is InChI=1S/C23H28N2O9/c26-6-5-24-22(29)23-11-16-17-18(32-13-31-17)20(23)34-25(19(23)21(28)33-16)12-15-3-1-2-14(10-15)4-8-30-9-7-27/h1-4,8,10,16-20,26-27H,5-7,9,11-13H2,(H,24,29)/t16-,17+,18+,19+,20-,23+/m1/s1. The Bertz CT molecular complexity index is 956. The van der Waals surface area contributed by atoms with Crippen LogP contribution in [0.5, 0.6) is 0 Å². The number of fused-ring (bicyclic) bond motifs is 4. The topological polar surface area (TPSA) is 136 Å². The van der Waals surface area contributed by atoms with Crippen molar-refractivity contribution >= 4 is 18.0 Å². The maximum atomic E-state index is 13.4. The van der Waals surface area contributed by atoms with E-state index in [-0.39, 0.29) is 52.0 Å². The van der Waals surface area contributed by atoms with Gasteiger partial charge < -0.3 is 34.5 Å². The summed E-state index contributed by atoms with van der Waals surface area (Å²) < 4.78 is 22.3. The van der Waals surface area contributed by atoms with Gasteiger partial charge in [-0.25, -0.2) is 0 Å². The summed E-state index contributed by atoms with van der Waals surface area (Å²) in [5, 5.41) is 22.3. The number of nitrogens with zero attached hydrogens (tertiary/aromatic N) is 1. The molecule has 34 heavy (non-hydrogen) atoms. The number of aliphatic hydroxyl groups is 2. The fourth-order valence-electron chi connectivity index (χ4n) is 5.39. The van der Waals surface area contributed by atoms with Gasteiger partial charge in [0.1, 0.15) is 43.2 Å². The highest BCUT2D eigenvalue weighted by molar-refractivity contribution is 5.93. The van der Waals surface area contributed by atoms with Crippen LogP contribution in [-0.4, -0.2) is 90.8 Å². The van der Waals surface area contributed by atoms with E-state index >= 15 is 0 Å². The smallest absolute Gasteiger partial charge is 0.327 e. The van der Waals surface area contributed by atoms with Gasteiger partial charge in [0.15, 0.2) is 6.04 Å². The van der Waals surface area contributed by atoms with Crippen molar-refractivity contribution in [3.8, 4) is 0 Å². The number of amides is 1. The van der Waals surface area contributed by atoms with Gasteiger partial charge in [-0.15, -0.1) is 0 Å². The molecule has 0 radical (unpaired) electrons. The summed E-state index contributed by atoms with van der Waals surface area (Å²) in [5.74, 6) is -0.910. The molecule has 1 amide bonds. The molecule has 4 aliphatic rings. The number of ether oxygens (including phenoxy) is 4. The van der Waals surface area contributed by atoms with E-state index in [0.29, 0.717) is 0 Å². The number of nitrogens with one attached hydrogen (secondary N) is 1. The number of carbonyl (C=O) groups excluding carboxylic acids is 2. The molecule has 3 N–H and O–H groups in total. The molecular weight excluding hydrogens is 448 g/mol. The first-order valence-electron chi connectivity index (χ1n) is 11.3. The van der Waals surface area contributed by atoms with E-state index in [1.54, 1.807) is 6.08 Å². The molecule has 3 aliphatic heterocycles. The largest absolute Gasteiger partial charge is 0.499 e. The predicted molar refractivity (Wildman–Crippen MR) is 114 cm³/mol. The maximum Gasteiger partial charge on any atom is 0.327 e. The van der Waals surface area contributed by atoms with Crippen LogP contribution in [0, 0.1) is 5.41 Å². The van der Waals surface area contributed by atoms with Crippen LogP contribution < -0.4 is 5.32 Å². The molecule has 0 unspecified atom stereocenters. The van der Waals surface area contributed by atoms with Gasteiger partial charge in [-0.05, 0) is 17.2 Å². The Kier molecular flexibility index (Phi) is 6.56. The van der Waals surface area contributed by atoms with Crippen LogP contribution in [0.1, 0.15) is 17.5 Å². The molecule has 5 rings (SSSR count). The minimum atomic E-state index is -1.22. The molecule has 11 heteroatoms. The first-order valence-corrected chi connectivity index (χ1v) is 11.3. The number of esters is 1. The number of hydroxylamine groups is 2. The van der Waals surface area contributed by atoms with E-state index in [9.17, 15) is 14.7 Å². The lowest BCUT2D eigenvalue weighted by atomic mass is 9.62. The first kappa shape index (κ1) is 23.2. The average molecular weight is 476 g/mol. The highest BCUT2D eigenvalue weighted by Gasteiger charge is 2.74. The zero-order chi connectivity index (χ0) is 23.7. The quantitative estimate of drug-likeness (QED) is 0.239. The van der Waals surface area contributed by atoms with Crippen molar-refractivity contribution < 1.29 is 43.6 Å². The van der Waals surface area contributed by atoms with E-state index in [4.69, 9.17) is 28.9 Å². The monoisotopic (exact) mass is 476 g/mol. The summed E-state index contributed by atoms with van der Waals surface area (Å²) in [6, 6.07) is 6.60. The minimum absolute atomic E-state index is 0.0367. The van der Waals surface area contributed by atoms with Crippen molar-refractivity contribution in [2.75, 3.05) is 33.2 Å². The zero-order valence-electron chi connectivity index (χ0n) is 18.5. The van der Waals surface area contributed by atoms with Crippen LogP contribution in [0.25, 0.3) is 6.08 Å². The van der Waals surface area contributed by atoms with Gasteiger partial charge in [0.25, 0.3) is 0 Å². The molecule has 1 aliphatic carbocycles. The third-order valence-electron chi connectivity index (χ3n) is 6.75. The lowest BCUT2D eigenvalue weighted by Crippen LogP contribution is -2.69. The SMILES string of the molecule is O=C1O[C@@H]2C[C@@]3(C(=O)NCCO)[C@H](ON(Cc4cccc(C=COCCO)c4)[C@@H]13)[C@H]1OCO[C@H]12. The Morgan fingerprint density at radius 2 is 2.12 bits per heavy atom. The van der Waals surface area contributed by atoms with Gasteiger partial charge in [0.05, 0.1) is 26.0 Å². The van der Waals surface area contributed by atoms with Gasteiger partial charge in [-0.3, -0.25) is 14.4 Å². The predicted octanol–water partition coefficient (Wildman–Crippen LogP) is -0.684. The highest BCUT2D eigenvalue weighted by atomic mass is 16.8. The Morgan fingerprint density at radius 1 is 1.26 bits per heavy atom. The second-order valence-corrected chi connectivity index (χ2v) is 8.73. The highest BCUT2D eigenvalue weighted by Crippen LogP contribution is 2.55. The number of hydrogen-bond acceptors (Lipinski definition) is 10. The van der Waals surface area contributed by atoms with Gasteiger partial charge in [0, 0.05) is 13.0 Å². The van der Waals surface area contributed by atoms with Gasteiger partial charge in [0.2, 0.25) is 5.91 Å². The Labute approximate surface area is 196 Å². The van der Waals surface area contributed by atoms with Crippen LogP contribution in [0.4, 0.5) is 0 Å². The van der Waals surface area contributed by atoms with E-state index in [1.165, 1.54) is 11.3 Å². The molecule has 2 bridgehead atoms. The number of rotatable bonds is 9. The molecular formula is C23H28N2O9. The van der Waals surface area contributed by atoms with Gasteiger partial charge in [-0.1, -0.05) is 24.3 Å². The molecule has 3 saturated heterocycles. The van der Waals surface area contributed by atoms with Crippen molar-refractivity contribution in [3.63, 3.8) is 0 Å². The number of carbonyl (C=O) groups is 2. The molecule has 184 valence electrons. The van der Waals surface area contributed by atoms with E-state index in [2.05, 4.69) is 5.32 Å². The van der Waals surface area contributed by atoms with Crippen molar-refractivity contribution in [3.05, 3.63) is 41.7 Å². The minimum Gasteiger partial charge on any atom is -0.499 e. The zero-order valence-corrected chi connectivity index (χ0v) is 18.5.